The van der Waals surface area contributed by atoms with Gasteiger partial charge in [-0.05, 0) is 44.2 Å². The van der Waals surface area contributed by atoms with Crippen molar-refractivity contribution in [2.45, 2.75) is 33.2 Å². The van der Waals surface area contributed by atoms with Crippen molar-refractivity contribution in [1.29, 1.82) is 0 Å². The van der Waals surface area contributed by atoms with Crippen LogP contribution in [-0.4, -0.2) is 29.7 Å². The summed E-state index contributed by atoms with van der Waals surface area (Å²) in [7, 11) is 0. The molecule has 152 valence electrons. The summed E-state index contributed by atoms with van der Waals surface area (Å²) < 4.78 is 0. The fraction of sp³-hybridized carbons (Fsp3) is 0.217. The van der Waals surface area contributed by atoms with Crippen LogP contribution in [0.4, 0.5) is 17.1 Å². The van der Waals surface area contributed by atoms with Crippen LogP contribution in [0.5, 0.6) is 0 Å². The van der Waals surface area contributed by atoms with E-state index in [9.17, 15) is 19.2 Å². The molecule has 4 amide bonds. The fourth-order valence-corrected chi connectivity index (χ4v) is 3.95. The van der Waals surface area contributed by atoms with Crippen LogP contribution in [0.1, 0.15) is 32.8 Å². The van der Waals surface area contributed by atoms with Crippen molar-refractivity contribution in [1.82, 2.24) is 0 Å². The summed E-state index contributed by atoms with van der Waals surface area (Å²) in [5.41, 5.74) is 2.90. The Kier molecular flexibility index (Phi) is 4.73. The third-order valence-corrected chi connectivity index (χ3v) is 5.17. The van der Waals surface area contributed by atoms with Crippen LogP contribution < -0.4 is 15.1 Å². The zero-order valence-electron chi connectivity index (χ0n) is 16.9. The number of amides is 4. The summed E-state index contributed by atoms with van der Waals surface area (Å²) in [6, 6.07) is 13.7. The van der Waals surface area contributed by atoms with Crippen LogP contribution in [-0.2, 0) is 19.2 Å². The van der Waals surface area contributed by atoms with E-state index in [1.807, 2.05) is 32.0 Å². The SMILES string of the molecule is CC(=O)Nc1ccc(N2C(=O)CC(=C3C(=O)N(C(C)C)c4ccccc43)C2=O)cc1. The smallest absolute Gasteiger partial charge is 0.262 e. The molecule has 0 aliphatic carbocycles. The lowest BCUT2D eigenvalue weighted by Gasteiger charge is -2.21. The lowest BCUT2D eigenvalue weighted by atomic mass is 10.00. The summed E-state index contributed by atoms with van der Waals surface area (Å²) in [4.78, 5) is 53.0. The molecule has 4 rings (SSSR count). The number of carbonyl (C=O) groups excluding carboxylic acids is 4. The van der Waals surface area contributed by atoms with Gasteiger partial charge in [0.15, 0.2) is 0 Å². The predicted molar refractivity (Wildman–Crippen MR) is 114 cm³/mol. The Bertz CT molecular complexity index is 1120. The van der Waals surface area contributed by atoms with E-state index in [4.69, 9.17) is 0 Å². The van der Waals surface area contributed by atoms with Gasteiger partial charge in [0.25, 0.3) is 11.8 Å². The van der Waals surface area contributed by atoms with E-state index in [0.29, 0.717) is 22.5 Å². The number of benzene rings is 2. The van der Waals surface area contributed by atoms with Crippen LogP contribution in [0.25, 0.3) is 5.57 Å². The maximum Gasteiger partial charge on any atom is 0.262 e. The first-order chi connectivity index (χ1) is 14.3. The summed E-state index contributed by atoms with van der Waals surface area (Å²) >= 11 is 0. The van der Waals surface area contributed by atoms with Gasteiger partial charge in [0.2, 0.25) is 11.8 Å². The van der Waals surface area contributed by atoms with E-state index in [1.165, 1.54) is 6.92 Å². The first kappa shape index (κ1) is 19.6. The molecule has 0 spiro atoms. The maximum atomic E-state index is 13.2. The number of rotatable bonds is 3. The van der Waals surface area contributed by atoms with Gasteiger partial charge in [0.05, 0.1) is 23.4 Å². The van der Waals surface area contributed by atoms with Crippen molar-refractivity contribution in [2.75, 3.05) is 15.1 Å². The van der Waals surface area contributed by atoms with Gasteiger partial charge in [0.1, 0.15) is 0 Å². The Balaban J connectivity index is 1.75. The van der Waals surface area contributed by atoms with Crippen molar-refractivity contribution < 1.29 is 19.2 Å². The quantitative estimate of drug-likeness (QED) is 0.630. The highest BCUT2D eigenvalue weighted by Gasteiger charge is 2.43. The average molecular weight is 403 g/mol. The van der Waals surface area contributed by atoms with E-state index in [1.54, 1.807) is 35.2 Å². The number of hydrogen-bond donors (Lipinski definition) is 1. The molecule has 2 aliphatic heterocycles. The van der Waals surface area contributed by atoms with Gasteiger partial charge >= 0.3 is 0 Å². The molecule has 0 bridgehead atoms. The minimum Gasteiger partial charge on any atom is -0.326 e. The molecule has 2 aromatic rings. The van der Waals surface area contributed by atoms with Crippen molar-refractivity contribution in [2.24, 2.45) is 0 Å². The van der Waals surface area contributed by atoms with Crippen molar-refractivity contribution in [3.63, 3.8) is 0 Å². The number of para-hydroxylation sites is 1. The van der Waals surface area contributed by atoms with Gasteiger partial charge in [0, 0.05) is 29.8 Å². The summed E-state index contributed by atoms with van der Waals surface area (Å²) in [6.45, 7) is 5.22. The molecule has 0 unspecified atom stereocenters. The zero-order chi connectivity index (χ0) is 21.6. The molecule has 1 fully saturated rings. The van der Waals surface area contributed by atoms with Crippen molar-refractivity contribution in [3.05, 3.63) is 59.7 Å². The van der Waals surface area contributed by atoms with Crippen molar-refractivity contribution in [3.8, 4) is 0 Å². The molecule has 0 radical (unpaired) electrons. The van der Waals surface area contributed by atoms with Crippen LogP contribution in [0.3, 0.4) is 0 Å². The monoisotopic (exact) mass is 403 g/mol. The van der Waals surface area contributed by atoms with E-state index < -0.39 is 5.91 Å². The third-order valence-electron chi connectivity index (χ3n) is 5.17. The molecule has 30 heavy (non-hydrogen) atoms. The van der Waals surface area contributed by atoms with Gasteiger partial charge in [-0.1, -0.05) is 18.2 Å². The van der Waals surface area contributed by atoms with Crippen LogP contribution in [0.15, 0.2) is 54.1 Å². The second kappa shape index (κ2) is 7.26. The second-order valence-corrected chi connectivity index (χ2v) is 7.58. The van der Waals surface area contributed by atoms with Gasteiger partial charge in [-0.25, -0.2) is 4.90 Å². The molecular formula is C23H21N3O4. The lowest BCUT2D eigenvalue weighted by molar-refractivity contribution is -0.121. The highest BCUT2D eigenvalue weighted by molar-refractivity contribution is 6.41. The minimum absolute atomic E-state index is 0.0821. The van der Waals surface area contributed by atoms with E-state index in [-0.39, 0.29) is 35.8 Å². The topological polar surface area (TPSA) is 86.8 Å². The van der Waals surface area contributed by atoms with Gasteiger partial charge in [-0.2, -0.15) is 0 Å². The van der Waals surface area contributed by atoms with Crippen LogP contribution in [0.2, 0.25) is 0 Å². The Morgan fingerprint density at radius 2 is 1.63 bits per heavy atom. The second-order valence-electron chi connectivity index (χ2n) is 7.58. The molecule has 0 atom stereocenters. The minimum atomic E-state index is -0.490. The fourth-order valence-electron chi connectivity index (χ4n) is 3.95. The highest BCUT2D eigenvalue weighted by atomic mass is 16.2. The Labute approximate surface area is 174 Å². The number of nitrogens with one attached hydrogen (secondary N) is 1. The number of hydrogen-bond acceptors (Lipinski definition) is 4. The van der Waals surface area contributed by atoms with E-state index in [2.05, 4.69) is 5.32 Å². The molecule has 0 aromatic heterocycles. The van der Waals surface area contributed by atoms with Gasteiger partial charge in [-0.3, -0.25) is 19.2 Å². The molecule has 2 aliphatic rings. The molecule has 1 N–H and O–H groups in total. The Hall–Kier alpha value is -3.74. The van der Waals surface area contributed by atoms with E-state index in [0.717, 1.165) is 10.6 Å². The van der Waals surface area contributed by atoms with Crippen molar-refractivity contribution >= 4 is 46.3 Å². The summed E-state index contributed by atoms with van der Waals surface area (Å²) in [6.07, 6.45) is -0.131. The molecule has 2 heterocycles. The predicted octanol–water partition coefficient (Wildman–Crippen LogP) is 3.12. The van der Waals surface area contributed by atoms with Crippen LogP contribution in [0, 0.1) is 0 Å². The highest BCUT2D eigenvalue weighted by Crippen LogP contribution is 2.42. The van der Waals surface area contributed by atoms with E-state index >= 15 is 0 Å². The average Bonchev–Trinajstić information content (AvgIpc) is 3.14. The third kappa shape index (κ3) is 3.08. The number of fused-ring (bicyclic) bond motifs is 1. The van der Waals surface area contributed by atoms with Crippen LogP contribution >= 0.6 is 0 Å². The molecule has 7 heteroatoms. The lowest BCUT2D eigenvalue weighted by Crippen LogP contribution is -2.34. The number of carbonyl (C=O) groups is 4. The maximum absolute atomic E-state index is 13.2. The normalized spacial score (nSPS) is 18.5. The Morgan fingerprint density at radius 3 is 2.27 bits per heavy atom. The Morgan fingerprint density at radius 1 is 0.967 bits per heavy atom. The molecular weight excluding hydrogens is 382 g/mol. The number of anilines is 3. The molecule has 2 aromatic carbocycles. The summed E-state index contributed by atoms with van der Waals surface area (Å²) in [5.74, 6) is -1.35. The number of nitrogens with zero attached hydrogens (tertiary/aromatic N) is 2. The first-order valence-corrected chi connectivity index (χ1v) is 9.70. The zero-order valence-corrected chi connectivity index (χ0v) is 16.9. The first-order valence-electron chi connectivity index (χ1n) is 9.70. The standard InChI is InChI=1S/C23H21N3O4/c1-13(2)25-19-7-5-4-6-17(19)21(23(25)30)18-12-20(28)26(22(18)29)16-10-8-15(9-11-16)24-14(3)27/h4-11,13H,12H2,1-3H3,(H,24,27). The molecule has 7 nitrogen and oxygen atoms in total. The van der Waals surface area contributed by atoms with Gasteiger partial charge < -0.3 is 10.2 Å². The number of imide groups is 1. The van der Waals surface area contributed by atoms with Gasteiger partial charge in [-0.15, -0.1) is 0 Å². The molecule has 1 saturated heterocycles. The largest absolute Gasteiger partial charge is 0.326 e. The molecule has 0 saturated carbocycles. The summed E-state index contributed by atoms with van der Waals surface area (Å²) in [5, 5.41) is 2.64.